The van der Waals surface area contributed by atoms with Crippen molar-refractivity contribution in [2.24, 2.45) is 0 Å². The maximum atomic E-state index is 4.69. The minimum Gasteiger partial charge on any atom is -0.381 e. The van der Waals surface area contributed by atoms with E-state index in [-0.39, 0.29) is 0 Å². The van der Waals surface area contributed by atoms with Crippen LogP contribution in [-0.4, -0.2) is 17.0 Å². The van der Waals surface area contributed by atoms with E-state index >= 15 is 0 Å². The molecule has 0 saturated heterocycles. The van der Waals surface area contributed by atoms with E-state index in [9.17, 15) is 0 Å². The highest BCUT2D eigenvalue weighted by Crippen LogP contribution is 2.25. The van der Waals surface area contributed by atoms with Crippen LogP contribution in [0.25, 0.3) is 11.0 Å². The first-order valence-electron chi connectivity index (χ1n) is 8.36. The Morgan fingerprint density at radius 1 is 0.920 bits per heavy atom. The Hall–Kier alpha value is -3.27. The summed E-state index contributed by atoms with van der Waals surface area (Å²) in [7, 11) is 2.02. The minimum atomic E-state index is 0.803. The summed E-state index contributed by atoms with van der Waals surface area (Å²) in [6, 6.07) is 26.8. The fourth-order valence-corrected chi connectivity index (χ4v) is 2.84. The molecule has 4 aromatic rings. The number of H-pyrrole nitrogens is 1. The summed E-state index contributed by atoms with van der Waals surface area (Å²) in [5.74, 6) is 0.835. The second-order valence-electron chi connectivity index (χ2n) is 6.03. The molecule has 0 aliphatic carbocycles. The van der Waals surface area contributed by atoms with Gasteiger partial charge in [0.15, 0.2) is 0 Å². The SMILES string of the molecule is CN(c1ccccc1)c1nc2ccc(NCc3ccccc3)cc2[nH]1. The van der Waals surface area contributed by atoms with Crippen molar-refractivity contribution < 1.29 is 0 Å². The van der Waals surface area contributed by atoms with Crippen LogP contribution in [0.15, 0.2) is 78.9 Å². The van der Waals surface area contributed by atoms with Crippen LogP contribution in [0.2, 0.25) is 0 Å². The topological polar surface area (TPSA) is 44.0 Å². The first kappa shape index (κ1) is 15.3. The largest absolute Gasteiger partial charge is 0.381 e. The Balaban J connectivity index is 1.55. The number of hydrogen-bond acceptors (Lipinski definition) is 3. The molecular weight excluding hydrogens is 308 g/mol. The molecule has 2 N–H and O–H groups in total. The molecule has 0 atom stereocenters. The number of para-hydroxylation sites is 1. The average Bonchev–Trinajstić information content (AvgIpc) is 3.10. The lowest BCUT2D eigenvalue weighted by molar-refractivity contribution is 1.11. The van der Waals surface area contributed by atoms with Crippen molar-refractivity contribution in [2.75, 3.05) is 17.3 Å². The lowest BCUT2D eigenvalue weighted by Crippen LogP contribution is -2.10. The van der Waals surface area contributed by atoms with Gasteiger partial charge in [0.05, 0.1) is 11.0 Å². The van der Waals surface area contributed by atoms with Gasteiger partial charge >= 0.3 is 0 Å². The van der Waals surface area contributed by atoms with Gasteiger partial charge in [0.2, 0.25) is 5.95 Å². The van der Waals surface area contributed by atoms with Crippen LogP contribution in [0.1, 0.15) is 5.56 Å². The molecule has 0 aliphatic heterocycles. The van der Waals surface area contributed by atoms with Gasteiger partial charge in [-0.3, -0.25) is 0 Å². The number of fused-ring (bicyclic) bond motifs is 1. The number of aromatic amines is 1. The predicted octanol–water partition coefficient (Wildman–Crippen LogP) is 4.94. The van der Waals surface area contributed by atoms with Crippen LogP contribution < -0.4 is 10.2 Å². The van der Waals surface area contributed by atoms with Gasteiger partial charge in [0.1, 0.15) is 0 Å². The van der Waals surface area contributed by atoms with E-state index in [0.717, 1.165) is 34.9 Å². The molecule has 0 unspecified atom stereocenters. The molecule has 1 aromatic heterocycles. The van der Waals surface area contributed by atoms with Gasteiger partial charge < -0.3 is 15.2 Å². The molecule has 3 aromatic carbocycles. The predicted molar refractivity (Wildman–Crippen MR) is 104 cm³/mol. The van der Waals surface area contributed by atoms with E-state index in [1.807, 2.05) is 37.4 Å². The number of nitrogens with zero attached hydrogens (tertiary/aromatic N) is 2. The fourth-order valence-electron chi connectivity index (χ4n) is 2.84. The number of benzene rings is 3. The minimum absolute atomic E-state index is 0.803. The summed E-state index contributed by atoms with van der Waals surface area (Å²) in [5, 5.41) is 3.46. The average molecular weight is 328 g/mol. The smallest absolute Gasteiger partial charge is 0.208 e. The third-order valence-corrected chi connectivity index (χ3v) is 4.27. The second-order valence-corrected chi connectivity index (χ2v) is 6.03. The van der Waals surface area contributed by atoms with Crippen molar-refractivity contribution in [1.82, 2.24) is 9.97 Å². The van der Waals surface area contributed by atoms with E-state index in [1.54, 1.807) is 0 Å². The number of anilines is 3. The standard InChI is InChI=1S/C21H20N4/c1-25(18-10-6-3-7-11-18)21-23-19-13-12-17(14-20(19)24-21)22-15-16-8-4-2-5-9-16/h2-14,22H,15H2,1H3,(H,23,24). The van der Waals surface area contributed by atoms with Gasteiger partial charge in [-0.1, -0.05) is 48.5 Å². The van der Waals surface area contributed by atoms with Gasteiger partial charge in [-0.15, -0.1) is 0 Å². The quantitative estimate of drug-likeness (QED) is 0.545. The maximum Gasteiger partial charge on any atom is 0.208 e. The van der Waals surface area contributed by atoms with Crippen LogP contribution in [0, 0.1) is 0 Å². The Labute approximate surface area is 147 Å². The van der Waals surface area contributed by atoms with Crippen molar-refractivity contribution in [1.29, 1.82) is 0 Å². The monoisotopic (exact) mass is 328 g/mol. The molecule has 0 aliphatic rings. The summed E-state index contributed by atoms with van der Waals surface area (Å²) in [6.45, 7) is 0.803. The van der Waals surface area contributed by atoms with E-state index in [4.69, 9.17) is 4.98 Å². The van der Waals surface area contributed by atoms with E-state index < -0.39 is 0 Å². The molecule has 4 heteroatoms. The third-order valence-electron chi connectivity index (χ3n) is 4.27. The van der Waals surface area contributed by atoms with Crippen LogP contribution in [-0.2, 0) is 6.54 Å². The molecule has 4 nitrogen and oxygen atoms in total. The number of nitrogens with one attached hydrogen (secondary N) is 2. The maximum absolute atomic E-state index is 4.69. The normalized spacial score (nSPS) is 10.8. The second kappa shape index (κ2) is 6.69. The van der Waals surface area contributed by atoms with Crippen molar-refractivity contribution in [2.45, 2.75) is 6.54 Å². The van der Waals surface area contributed by atoms with Crippen LogP contribution in [0.5, 0.6) is 0 Å². The number of imidazole rings is 1. The summed E-state index contributed by atoms with van der Waals surface area (Å²) in [6.07, 6.45) is 0. The van der Waals surface area contributed by atoms with Crippen molar-refractivity contribution in [3.05, 3.63) is 84.4 Å². The third kappa shape index (κ3) is 3.33. The molecule has 0 saturated carbocycles. The number of aromatic nitrogens is 2. The van der Waals surface area contributed by atoms with Gasteiger partial charge in [-0.05, 0) is 35.9 Å². The van der Waals surface area contributed by atoms with Crippen LogP contribution in [0.3, 0.4) is 0 Å². The Kier molecular flexibility index (Phi) is 4.09. The van der Waals surface area contributed by atoms with Gasteiger partial charge in [-0.2, -0.15) is 0 Å². The van der Waals surface area contributed by atoms with E-state index in [2.05, 4.69) is 63.7 Å². The van der Waals surface area contributed by atoms with E-state index in [0.29, 0.717) is 0 Å². The molecule has 0 amide bonds. The molecule has 1 heterocycles. The number of hydrogen-bond donors (Lipinski definition) is 2. The summed E-state index contributed by atoms with van der Waals surface area (Å²) >= 11 is 0. The van der Waals surface area contributed by atoms with Crippen LogP contribution >= 0.6 is 0 Å². The highest BCUT2D eigenvalue weighted by molar-refractivity contribution is 5.82. The zero-order valence-electron chi connectivity index (χ0n) is 14.1. The first-order chi connectivity index (χ1) is 12.3. The Morgan fingerprint density at radius 3 is 2.40 bits per heavy atom. The van der Waals surface area contributed by atoms with Crippen LogP contribution in [0.4, 0.5) is 17.3 Å². The fraction of sp³-hybridized carbons (Fsp3) is 0.0952. The van der Waals surface area contributed by atoms with Crippen molar-refractivity contribution >= 4 is 28.4 Å². The molecule has 25 heavy (non-hydrogen) atoms. The summed E-state index contributed by atoms with van der Waals surface area (Å²) in [4.78, 5) is 10.2. The lowest BCUT2D eigenvalue weighted by Gasteiger charge is -2.15. The van der Waals surface area contributed by atoms with Crippen molar-refractivity contribution in [3.8, 4) is 0 Å². The van der Waals surface area contributed by atoms with Crippen molar-refractivity contribution in [3.63, 3.8) is 0 Å². The summed E-state index contributed by atoms with van der Waals surface area (Å²) in [5.41, 5.74) is 5.42. The molecule has 0 bridgehead atoms. The lowest BCUT2D eigenvalue weighted by atomic mass is 10.2. The summed E-state index contributed by atoms with van der Waals surface area (Å²) < 4.78 is 0. The zero-order valence-corrected chi connectivity index (χ0v) is 14.1. The molecule has 0 fully saturated rings. The van der Waals surface area contributed by atoms with E-state index in [1.165, 1.54) is 5.56 Å². The molecule has 0 spiro atoms. The van der Waals surface area contributed by atoms with Gasteiger partial charge in [-0.25, -0.2) is 4.98 Å². The highest BCUT2D eigenvalue weighted by atomic mass is 15.2. The molecular formula is C21H20N4. The van der Waals surface area contributed by atoms with Gasteiger partial charge in [0.25, 0.3) is 0 Å². The highest BCUT2D eigenvalue weighted by Gasteiger charge is 2.09. The van der Waals surface area contributed by atoms with Gasteiger partial charge in [0, 0.05) is 25.0 Å². The zero-order chi connectivity index (χ0) is 17.1. The number of rotatable bonds is 5. The Morgan fingerprint density at radius 2 is 1.64 bits per heavy atom. The first-order valence-corrected chi connectivity index (χ1v) is 8.36. The molecule has 124 valence electrons. The molecule has 4 rings (SSSR count). The molecule has 0 radical (unpaired) electrons. The Bertz CT molecular complexity index is 961.